The molecule has 0 aromatic heterocycles. The van der Waals surface area contributed by atoms with Crippen LogP contribution in [0.4, 0.5) is 0 Å². The van der Waals surface area contributed by atoms with Gasteiger partial charge in [0.2, 0.25) is 0 Å². The monoisotopic (exact) mass is 322 g/mol. The van der Waals surface area contributed by atoms with Gasteiger partial charge in [0.05, 0.1) is 5.54 Å². The van der Waals surface area contributed by atoms with E-state index in [0.29, 0.717) is 6.04 Å². The summed E-state index contributed by atoms with van der Waals surface area (Å²) in [6.45, 7) is 10.1. The summed E-state index contributed by atoms with van der Waals surface area (Å²) in [5.74, 6) is 0.724. The lowest BCUT2D eigenvalue weighted by molar-refractivity contribution is 0.0375. The van der Waals surface area contributed by atoms with E-state index < -0.39 is 0 Å². The molecule has 1 aliphatic heterocycles. The zero-order valence-electron chi connectivity index (χ0n) is 15.2. The highest BCUT2D eigenvalue weighted by Crippen LogP contribution is 2.33. The number of hydrogen-bond acceptors (Lipinski definition) is 2. The molecule has 1 N–H and O–H groups in total. The van der Waals surface area contributed by atoms with Crippen molar-refractivity contribution < 1.29 is 0 Å². The fraction of sp³-hybridized carbons (Fsp3) is 0.455. The van der Waals surface area contributed by atoms with Crippen LogP contribution in [0.15, 0.2) is 60.7 Å². The van der Waals surface area contributed by atoms with Gasteiger partial charge in [-0.3, -0.25) is 4.90 Å². The Kier molecular flexibility index (Phi) is 5.37. The molecule has 1 aliphatic rings. The molecule has 2 aromatic rings. The van der Waals surface area contributed by atoms with Crippen molar-refractivity contribution in [1.82, 2.24) is 10.2 Å². The van der Waals surface area contributed by atoms with Gasteiger partial charge in [0.1, 0.15) is 0 Å². The fourth-order valence-electron chi connectivity index (χ4n) is 3.84. The quantitative estimate of drug-likeness (QED) is 0.876. The van der Waals surface area contributed by atoms with Crippen LogP contribution < -0.4 is 5.32 Å². The lowest BCUT2D eigenvalue weighted by Crippen LogP contribution is -2.61. The van der Waals surface area contributed by atoms with E-state index in [1.165, 1.54) is 17.5 Å². The van der Waals surface area contributed by atoms with Gasteiger partial charge in [0.15, 0.2) is 0 Å². The maximum absolute atomic E-state index is 3.81. The van der Waals surface area contributed by atoms with Crippen LogP contribution in [-0.4, -0.2) is 24.0 Å². The molecule has 0 radical (unpaired) electrons. The molecule has 24 heavy (non-hydrogen) atoms. The number of nitrogens with zero attached hydrogens (tertiary/aromatic N) is 1. The van der Waals surface area contributed by atoms with E-state index >= 15 is 0 Å². The third-order valence-electron chi connectivity index (χ3n) is 5.24. The average molecular weight is 322 g/mol. The summed E-state index contributed by atoms with van der Waals surface area (Å²) in [6.07, 6.45) is 1.23. The molecule has 2 heteroatoms. The smallest absolute Gasteiger partial charge is 0.0561 e. The molecule has 0 saturated carbocycles. The van der Waals surface area contributed by atoms with Gasteiger partial charge >= 0.3 is 0 Å². The summed E-state index contributed by atoms with van der Waals surface area (Å²) >= 11 is 0. The molecule has 3 rings (SSSR count). The standard InChI is InChI=1S/C22H30N2/c1-18(2)14-21-16-24(15-19-10-6-4-7-11-19)22(3,17-23-21)20-12-8-5-9-13-20/h4-13,18,21,23H,14-17H2,1-3H3. The van der Waals surface area contributed by atoms with Crippen LogP contribution in [0.25, 0.3) is 0 Å². The molecule has 2 atom stereocenters. The van der Waals surface area contributed by atoms with Crippen LogP contribution in [0.2, 0.25) is 0 Å². The van der Waals surface area contributed by atoms with Gasteiger partial charge in [-0.25, -0.2) is 0 Å². The van der Waals surface area contributed by atoms with Crippen molar-refractivity contribution in [3.63, 3.8) is 0 Å². The maximum Gasteiger partial charge on any atom is 0.0561 e. The molecular weight excluding hydrogens is 292 g/mol. The lowest BCUT2D eigenvalue weighted by atomic mass is 9.85. The predicted octanol–water partition coefficient (Wildman–Crippen LogP) is 4.42. The summed E-state index contributed by atoms with van der Waals surface area (Å²) in [7, 11) is 0. The van der Waals surface area contributed by atoms with Crippen LogP contribution in [0.5, 0.6) is 0 Å². The lowest BCUT2D eigenvalue weighted by Gasteiger charge is -2.49. The van der Waals surface area contributed by atoms with E-state index in [1.807, 2.05) is 0 Å². The van der Waals surface area contributed by atoms with Crippen molar-refractivity contribution in [1.29, 1.82) is 0 Å². The number of nitrogens with one attached hydrogen (secondary N) is 1. The van der Waals surface area contributed by atoms with Gasteiger partial charge in [0.25, 0.3) is 0 Å². The molecule has 1 fully saturated rings. The minimum Gasteiger partial charge on any atom is -0.311 e. The third-order valence-corrected chi connectivity index (χ3v) is 5.24. The Balaban J connectivity index is 1.86. The first-order chi connectivity index (χ1) is 11.6. The molecule has 1 saturated heterocycles. The number of piperazine rings is 1. The summed E-state index contributed by atoms with van der Waals surface area (Å²) < 4.78 is 0. The minimum atomic E-state index is 0.0323. The Hall–Kier alpha value is -1.64. The largest absolute Gasteiger partial charge is 0.311 e. The summed E-state index contributed by atoms with van der Waals surface area (Å²) in [6, 6.07) is 22.4. The van der Waals surface area contributed by atoms with Crippen molar-refractivity contribution in [2.75, 3.05) is 13.1 Å². The number of hydrogen-bond donors (Lipinski definition) is 1. The number of rotatable bonds is 5. The third kappa shape index (κ3) is 3.88. The van der Waals surface area contributed by atoms with Gasteiger partial charge < -0.3 is 5.32 Å². The normalized spacial score (nSPS) is 25.1. The first-order valence-corrected chi connectivity index (χ1v) is 9.16. The van der Waals surface area contributed by atoms with E-state index in [9.17, 15) is 0 Å². The molecule has 0 aliphatic carbocycles. The molecule has 2 nitrogen and oxygen atoms in total. The molecule has 2 unspecified atom stereocenters. The van der Waals surface area contributed by atoms with Gasteiger partial charge in [-0.1, -0.05) is 74.5 Å². The van der Waals surface area contributed by atoms with Crippen molar-refractivity contribution in [3.8, 4) is 0 Å². The van der Waals surface area contributed by atoms with Crippen LogP contribution in [0.1, 0.15) is 38.3 Å². The van der Waals surface area contributed by atoms with Gasteiger partial charge in [0, 0.05) is 25.7 Å². The molecule has 0 amide bonds. The maximum atomic E-state index is 3.81. The van der Waals surface area contributed by atoms with Crippen LogP contribution >= 0.6 is 0 Å². The highest BCUT2D eigenvalue weighted by atomic mass is 15.3. The molecule has 0 spiro atoms. The van der Waals surface area contributed by atoms with Gasteiger partial charge in [-0.2, -0.15) is 0 Å². The van der Waals surface area contributed by atoms with Crippen LogP contribution in [0, 0.1) is 5.92 Å². The summed E-state index contributed by atoms with van der Waals surface area (Å²) in [5, 5.41) is 3.81. The molecule has 128 valence electrons. The van der Waals surface area contributed by atoms with Crippen molar-refractivity contribution in [2.24, 2.45) is 5.92 Å². The molecule has 2 aromatic carbocycles. The second kappa shape index (κ2) is 7.50. The van der Waals surface area contributed by atoms with E-state index in [0.717, 1.165) is 25.6 Å². The van der Waals surface area contributed by atoms with E-state index in [-0.39, 0.29) is 5.54 Å². The van der Waals surface area contributed by atoms with E-state index in [2.05, 4.69) is 91.7 Å². The Morgan fingerprint density at radius 1 is 1.04 bits per heavy atom. The topological polar surface area (TPSA) is 15.3 Å². The van der Waals surface area contributed by atoms with Crippen molar-refractivity contribution >= 4 is 0 Å². The van der Waals surface area contributed by atoms with Crippen molar-refractivity contribution in [3.05, 3.63) is 71.8 Å². The highest BCUT2D eigenvalue weighted by molar-refractivity contribution is 5.26. The zero-order chi connectivity index (χ0) is 17.0. The first-order valence-electron chi connectivity index (χ1n) is 9.16. The molecule has 0 bridgehead atoms. The average Bonchev–Trinajstić information content (AvgIpc) is 2.59. The van der Waals surface area contributed by atoms with E-state index in [4.69, 9.17) is 0 Å². The van der Waals surface area contributed by atoms with Crippen LogP contribution in [0.3, 0.4) is 0 Å². The second-order valence-electron chi connectivity index (χ2n) is 7.71. The minimum absolute atomic E-state index is 0.0323. The Morgan fingerprint density at radius 3 is 2.29 bits per heavy atom. The number of benzene rings is 2. The Bertz CT molecular complexity index is 623. The highest BCUT2D eigenvalue weighted by Gasteiger charge is 2.39. The molecular formula is C22H30N2. The Labute approximate surface area is 146 Å². The summed E-state index contributed by atoms with van der Waals surface area (Å²) in [5.41, 5.74) is 2.83. The van der Waals surface area contributed by atoms with Gasteiger partial charge in [-0.15, -0.1) is 0 Å². The SMILES string of the molecule is CC(C)CC1CN(Cc2ccccc2)C(C)(c2ccccc2)CN1. The Morgan fingerprint density at radius 2 is 1.67 bits per heavy atom. The fourth-order valence-corrected chi connectivity index (χ4v) is 3.84. The second-order valence-corrected chi connectivity index (χ2v) is 7.71. The predicted molar refractivity (Wildman–Crippen MR) is 102 cm³/mol. The zero-order valence-corrected chi connectivity index (χ0v) is 15.2. The summed E-state index contributed by atoms with van der Waals surface area (Å²) in [4.78, 5) is 2.67. The van der Waals surface area contributed by atoms with Crippen LogP contribution in [-0.2, 0) is 12.1 Å². The van der Waals surface area contributed by atoms with E-state index in [1.54, 1.807) is 0 Å². The van der Waals surface area contributed by atoms with Gasteiger partial charge in [-0.05, 0) is 30.4 Å². The molecule has 1 heterocycles. The van der Waals surface area contributed by atoms with Crippen molar-refractivity contribution in [2.45, 2.75) is 45.3 Å². The first kappa shape index (κ1) is 17.2.